The van der Waals surface area contributed by atoms with E-state index in [2.05, 4.69) is 5.32 Å². The molecule has 1 N–H and O–H groups in total. The molecule has 0 radical (unpaired) electrons. The van der Waals surface area contributed by atoms with Crippen molar-refractivity contribution in [2.75, 3.05) is 18.5 Å². The molecule has 1 saturated carbocycles. The maximum atomic E-state index is 14.3. The van der Waals surface area contributed by atoms with Crippen LogP contribution in [0.5, 0.6) is 0 Å². The molecule has 4 rings (SSSR count). The van der Waals surface area contributed by atoms with Crippen LogP contribution in [0.3, 0.4) is 0 Å². The summed E-state index contributed by atoms with van der Waals surface area (Å²) in [5.74, 6) is 0.0284. The van der Waals surface area contributed by atoms with Crippen LogP contribution < -0.4 is 5.32 Å². The van der Waals surface area contributed by atoms with Gasteiger partial charge in [0, 0.05) is 24.7 Å². The molecule has 0 bridgehead atoms. The number of hydrazone groups is 1. The zero-order valence-corrected chi connectivity index (χ0v) is 15.3. The van der Waals surface area contributed by atoms with E-state index in [1.54, 1.807) is 24.1 Å². The minimum absolute atomic E-state index is 0.0302. The summed E-state index contributed by atoms with van der Waals surface area (Å²) < 4.78 is 19.8. The number of anilines is 1. The average Bonchev–Trinajstić information content (AvgIpc) is 2.80. The fourth-order valence-electron chi connectivity index (χ4n) is 4.24. The van der Waals surface area contributed by atoms with Gasteiger partial charge in [0.1, 0.15) is 5.82 Å². The molecule has 2 aliphatic heterocycles. The van der Waals surface area contributed by atoms with Crippen LogP contribution >= 0.6 is 0 Å². The Balaban J connectivity index is 1.77. The van der Waals surface area contributed by atoms with Crippen molar-refractivity contribution in [3.8, 4) is 0 Å². The summed E-state index contributed by atoms with van der Waals surface area (Å²) in [6, 6.07) is 3.08. The van der Waals surface area contributed by atoms with E-state index in [1.807, 2.05) is 0 Å². The van der Waals surface area contributed by atoms with Crippen molar-refractivity contribution < 1.29 is 13.9 Å². The van der Waals surface area contributed by atoms with E-state index in [0.717, 1.165) is 49.8 Å². The highest BCUT2D eigenvalue weighted by molar-refractivity contribution is 6.11. The number of halogens is 1. The van der Waals surface area contributed by atoms with Crippen LogP contribution in [-0.2, 0) is 4.74 Å². The molecule has 26 heavy (non-hydrogen) atoms. The minimum Gasteiger partial charge on any atom is -0.381 e. The molecule has 5 nitrogen and oxygen atoms in total. The number of fused-ring (bicyclic) bond motifs is 1. The quantitative estimate of drug-likeness (QED) is 0.848. The van der Waals surface area contributed by atoms with E-state index in [1.165, 1.54) is 6.42 Å². The number of carbonyl (C=O) groups excluding carboxylic acids is 1. The van der Waals surface area contributed by atoms with Gasteiger partial charge in [-0.25, -0.2) is 14.2 Å². The predicted octanol–water partition coefficient (Wildman–Crippen LogP) is 4.45. The Hall–Kier alpha value is -1.95. The Morgan fingerprint density at radius 1 is 1.15 bits per heavy atom. The molecule has 1 saturated heterocycles. The molecule has 3 aliphatic rings. The Kier molecular flexibility index (Phi) is 4.94. The molecule has 1 aromatic rings. The number of carbonyl (C=O) groups is 1. The van der Waals surface area contributed by atoms with Gasteiger partial charge in [-0.3, -0.25) is 0 Å². The van der Waals surface area contributed by atoms with E-state index in [4.69, 9.17) is 9.84 Å². The van der Waals surface area contributed by atoms with Crippen LogP contribution in [0.1, 0.15) is 56.1 Å². The second kappa shape index (κ2) is 7.35. The first-order chi connectivity index (χ1) is 12.6. The molecule has 0 atom stereocenters. The SMILES string of the molecule is Cc1cc2c(cc1F)C(C1CCCCC1)=NN(C1CCOCC1)C(=O)N2. The maximum absolute atomic E-state index is 14.3. The van der Waals surface area contributed by atoms with Crippen molar-refractivity contribution in [1.29, 1.82) is 0 Å². The summed E-state index contributed by atoms with van der Waals surface area (Å²) in [6.45, 7) is 3.01. The van der Waals surface area contributed by atoms with E-state index in [-0.39, 0.29) is 23.8 Å². The average molecular weight is 359 g/mol. The third-order valence-corrected chi connectivity index (χ3v) is 5.77. The smallest absolute Gasteiger partial charge is 0.342 e. The van der Waals surface area contributed by atoms with Gasteiger partial charge in [0.05, 0.1) is 17.4 Å². The highest BCUT2D eigenvalue weighted by Crippen LogP contribution is 2.34. The third kappa shape index (κ3) is 3.34. The molecule has 0 spiro atoms. The van der Waals surface area contributed by atoms with Gasteiger partial charge in [0.25, 0.3) is 0 Å². The van der Waals surface area contributed by atoms with Crippen LogP contribution in [0, 0.1) is 18.7 Å². The van der Waals surface area contributed by atoms with E-state index >= 15 is 0 Å². The summed E-state index contributed by atoms with van der Waals surface area (Å²) >= 11 is 0. The molecule has 140 valence electrons. The van der Waals surface area contributed by atoms with Gasteiger partial charge in [0.2, 0.25) is 0 Å². The van der Waals surface area contributed by atoms with Crippen molar-refractivity contribution in [3.05, 3.63) is 29.1 Å². The van der Waals surface area contributed by atoms with Gasteiger partial charge >= 0.3 is 6.03 Å². The Labute approximate surface area is 153 Å². The maximum Gasteiger partial charge on any atom is 0.342 e. The standard InChI is InChI=1S/C20H26FN3O2/c1-13-11-18-16(12-17(13)21)19(14-5-3-2-4-6-14)23-24(20(25)22-18)15-7-9-26-10-8-15/h11-12,14-15H,2-10H2,1H3,(H,22,25). The molecular formula is C20H26FN3O2. The van der Waals surface area contributed by atoms with Gasteiger partial charge in [-0.15, -0.1) is 0 Å². The van der Waals surface area contributed by atoms with Crippen LogP contribution in [-0.4, -0.2) is 36.0 Å². The molecule has 2 heterocycles. The highest BCUT2D eigenvalue weighted by atomic mass is 19.1. The number of hydrogen-bond donors (Lipinski definition) is 1. The van der Waals surface area contributed by atoms with Crippen molar-refractivity contribution in [1.82, 2.24) is 5.01 Å². The lowest BCUT2D eigenvalue weighted by molar-refractivity contribution is 0.0487. The number of benzene rings is 1. The first-order valence-corrected chi connectivity index (χ1v) is 9.70. The van der Waals surface area contributed by atoms with Gasteiger partial charge in [-0.05, 0) is 50.3 Å². The number of nitrogens with one attached hydrogen (secondary N) is 1. The molecule has 0 unspecified atom stereocenters. The summed E-state index contributed by atoms with van der Waals surface area (Å²) in [7, 11) is 0. The zero-order chi connectivity index (χ0) is 18.1. The Morgan fingerprint density at radius 3 is 2.62 bits per heavy atom. The normalized spacial score (nSPS) is 22.5. The van der Waals surface area contributed by atoms with Gasteiger partial charge < -0.3 is 10.1 Å². The highest BCUT2D eigenvalue weighted by Gasteiger charge is 2.33. The van der Waals surface area contributed by atoms with Crippen molar-refractivity contribution >= 4 is 17.4 Å². The Bertz CT molecular complexity index is 722. The molecule has 2 fully saturated rings. The number of urea groups is 1. The number of ether oxygens (including phenoxy) is 1. The molecule has 6 heteroatoms. The van der Waals surface area contributed by atoms with Crippen molar-refractivity contribution in [3.63, 3.8) is 0 Å². The molecular weight excluding hydrogens is 333 g/mol. The third-order valence-electron chi connectivity index (χ3n) is 5.77. The number of rotatable bonds is 2. The van der Waals surface area contributed by atoms with Crippen LogP contribution in [0.15, 0.2) is 17.2 Å². The number of amides is 2. The van der Waals surface area contributed by atoms with E-state index in [9.17, 15) is 9.18 Å². The topological polar surface area (TPSA) is 53.9 Å². The number of hydrogen-bond acceptors (Lipinski definition) is 3. The van der Waals surface area contributed by atoms with E-state index in [0.29, 0.717) is 24.5 Å². The van der Waals surface area contributed by atoms with Crippen LogP contribution in [0.4, 0.5) is 14.9 Å². The summed E-state index contributed by atoms with van der Waals surface area (Å²) in [4.78, 5) is 12.9. The fraction of sp³-hybridized carbons (Fsp3) is 0.600. The number of aryl methyl sites for hydroxylation is 1. The first kappa shape index (κ1) is 17.5. The molecule has 1 aromatic carbocycles. The summed E-state index contributed by atoms with van der Waals surface area (Å²) in [5.41, 5.74) is 2.81. The summed E-state index contributed by atoms with van der Waals surface area (Å²) in [5, 5.41) is 9.40. The van der Waals surface area contributed by atoms with Crippen molar-refractivity contribution in [2.45, 2.75) is 57.9 Å². The first-order valence-electron chi connectivity index (χ1n) is 9.70. The predicted molar refractivity (Wildman–Crippen MR) is 98.9 cm³/mol. The van der Waals surface area contributed by atoms with Gasteiger partial charge in [0.15, 0.2) is 0 Å². The van der Waals surface area contributed by atoms with E-state index < -0.39 is 0 Å². The lowest BCUT2D eigenvalue weighted by Crippen LogP contribution is -2.42. The fourth-order valence-corrected chi connectivity index (χ4v) is 4.24. The monoisotopic (exact) mass is 359 g/mol. The van der Waals surface area contributed by atoms with Crippen LogP contribution in [0.25, 0.3) is 0 Å². The molecule has 1 aliphatic carbocycles. The van der Waals surface area contributed by atoms with Gasteiger partial charge in [-0.2, -0.15) is 5.10 Å². The molecule has 0 aromatic heterocycles. The zero-order valence-electron chi connectivity index (χ0n) is 15.3. The number of nitrogens with zero attached hydrogens (tertiary/aromatic N) is 2. The lowest BCUT2D eigenvalue weighted by atomic mass is 9.82. The lowest BCUT2D eigenvalue weighted by Gasteiger charge is -2.31. The van der Waals surface area contributed by atoms with Gasteiger partial charge in [-0.1, -0.05) is 19.3 Å². The second-order valence-corrected chi connectivity index (χ2v) is 7.59. The minimum atomic E-state index is -0.249. The second-order valence-electron chi connectivity index (χ2n) is 7.59. The molecule has 2 amide bonds. The van der Waals surface area contributed by atoms with Crippen LogP contribution in [0.2, 0.25) is 0 Å². The van der Waals surface area contributed by atoms with Crippen molar-refractivity contribution in [2.24, 2.45) is 11.0 Å². The largest absolute Gasteiger partial charge is 0.381 e. The summed E-state index contributed by atoms with van der Waals surface area (Å²) in [6.07, 6.45) is 7.20. The Morgan fingerprint density at radius 2 is 1.88 bits per heavy atom.